The van der Waals surface area contributed by atoms with E-state index in [-0.39, 0.29) is 5.92 Å². The number of ether oxygens (including phenoxy) is 4. The molecule has 0 amide bonds. The summed E-state index contributed by atoms with van der Waals surface area (Å²) in [6.45, 7) is 16.4. The summed E-state index contributed by atoms with van der Waals surface area (Å²) in [7, 11) is 6.31. The summed E-state index contributed by atoms with van der Waals surface area (Å²) < 4.78 is 20.7. The van der Waals surface area contributed by atoms with Gasteiger partial charge >= 0.3 is 17.9 Å². The minimum Gasteiger partial charge on any atom is -0.497 e. The fraction of sp³-hybridized carbons (Fsp3) is 0.525. The number of Topliss-reactive ketones (excluding diaryl/α,β-unsaturated/α-hetero) is 1. The number of carbonyl (C=O) groups is 4. The zero-order valence-corrected chi connectivity index (χ0v) is 45.1. The normalized spacial score (nSPS) is 14.0. The molecule has 0 aliphatic heterocycles. The second kappa shape index (κ2) is 34.4. The number of aliphatic carboxylic acids is 3. The lowest BCUT2D eigenvalue weighted by Gasteiger charge is -2.34. The number of unbranched alkanes of at least 4 members (excludes halogenated alkanes) is 2. The van der Waals surface area contributed by atoms with Crippen LogP contribution in [0.25, 0.3) is 0 Å². The summed E-state index contributed by atoms with van der Waals surface area (Å²) in [5, 5.41) is 28.9. The summed E-state index contributed by atoms with van der Waals surface area (Å²) in [5.74, 6) is 1.13. The number of ketones is 1. The van der Waals surface area contributed by atoms with Gasteiger partial charge in [-0.15, -0.1) is 0 Å². The highest BCUT2D eigenvalue weighted by Crippen LogP contribution is 2.34. The summed E-state index contributed by atoms with van der Waals surface area (Å²) >= 11 is 0. The van der Waals surface area contributed by atoms with Gasteiger partial charge in [-0.2, -0.15) is 0 Å². The van der Waals surface area contributed by atoms with Crippen LogP contribution in [0.5, 0.6) is 23.0 Å². The van der Waals surface area contributed by atoms with Crippen molar-refractivity contribution >= 4 is 23.7 Å². The molecule has 0 heterocycles. The Morgan fingerprint density at radius 1 is 0.514 bits per heavy atom. The number of carboxylic acids is 3. The van der Waals surface area contributed by atoms with Crippen molar-refractivity contribution in [1.82, 2.24) is 9.80 Å². The number of carboxylic acid groups (broad SMARTS) is 3. The fourth-order valence-corrected chi connectivity index (χ4v) is 8.34. The largest absolute Gasteiger partial charge is 0.497 e. The zero-order chi connectivity index (χ0) is 53.6. The number of methoxy groups -OCH3 is 4. The molecule has 3 N–H and O–H groups in total. The summed E-state index contributed by atoms with van der Waals surface area (Å²) in [6, 6.07) is 27.3. The van der Waals surface area contributed by atoms with Gasteiger partial charge in [-0.05, 0) is 122 Å². The second-order valence-corrected chi connectivity index (χ2v) is 18.5. The van der Waals surface area contributed by atoms with Crippen molar-refractivity contribution in [3.8, 4) is 23.0 Å². The molecule has 72 heavy (non-hydrogen) atoms. The molecule has 0 aromatic heterocycles. The van der Waals surface area contributed by atoms with E-state index in [9.17, 15) is 29.4 Å². The lowest BCUT2D eigenvalue weighted by molar-refractivity contribution is -0.146. The van der Waals surface area contributed by atoms with Gasteiger partial charge in [0.15, 0.2) is 0 Å². The van der Waals surface area contributed by atoms with E-state index in [0.29, 0.717) is 66.3 Å². The molecule has 5 atom stereocenters. The predicted molar refractivity (Wildman–Crippen MR) is 287 cm³/mol. The molecule has 5 unspecified atom stereocenters. The fourth-order valence-electron chi connectivity index (χ4n) is 8.34. The molecule has 1 saturated carbocycles. The van der Waals surface area contributed by atoms with Crippen LogP contribution in [-0.2, 0) is 19.2 Å². The number of benzene rings is 4. The van der Waals surface area contributed by atoms with Crippen LogP contribution in [0.3, 0.4) is 0 Å². The average molecular weight is 999 g/mol. The molecule has 0 bridgehead atoms. The predicted octanol–water partition coefficient (Wildman–Crippen LogP) is 12.7. The molecule has 1 aliphatic carbocycles. The SMILES string of the molecule is CCCCCC(C)CC.CCCN(CCN(CCC)C(C(=O)O)c1cccc(OC)c1)C(C(=O)O)c1cccc(OC)c1.COc1cccc(C(C)C(=O)C2CCC2)c1.COc1cccc(C(C)C(=O)O)c1. The maximum absolute atomic E-state index is 12.3. The molecular weight excluding hydrogens is 913 g/mol. The minimum absolute atomic E-state index is 0.000370. The highest BCUT2D eigenvalue weighted by Gasteiger charge is 2.32. The van der Waals surface area contributed by atoms with E-state index in [1.165, 1.54) is 38.5 Å². The third-order valence-electron chi connectivity index (χ3n) is 13.2. The Morgan fingerprint density at radius 2 is 0.889 bits per heavy atom. The molecule has 0 spiro atoms. The van der Waals surface area contributed by atoms with E-state index in [2.05, 4.69) is 20.8 Å². The van der Waals surface area contributed by atoms with Gasteiger partial charge in [-0.25, -0.2) is 0 Å². The minimum atomic E-state index is -0.952. The quantitative estimate of drug-likeness (QED) is 0.0482. The summed E-state index contributed by atoms with van der Waals surface area (Å²) in [5.41, 5.74) is 3.08. The zero-order valence-electron chi connectivity index (χ0n) is 45.1. The molecule has 398 valence electrons. The number of carbonyl (C=O) groups excluding carboxylic acids is 1. The first kappa shape index (κ1) is 62.2. The van der Waals surface area contributed by atoms with Gasteiger partial charge in [0, 0.05) is 24.9 Å². The molecule has 4 aromatic rings. The molecule has 0 saturated heterocycles. The molecule has 13 heteroatoms. The van der Waals surface area contributed by atoms with E-state index < -0.39 is 35.9 Å². The number of hydrogen-bond acceptors (Lipinski definition) is 10. The molecule has 1 fully saturated rings. The Hall–Kier alpha value is -5.92. The van der Waals surface area contributed by atoms with Crippen molar-refractivity contribution in [3.63, 3.8) is 0 Å². The van der Waals surface area contributed by atoms with Crippen LogP contribution in [0.2, 0.25) is 0 Å². The Kier molecular flexibility index (Phi) is 29.8. The smallest absolute Gasteiger partial charge is 0.325 e. The standard InChI is InChI=1S/C26H36N2O6.C14H18O2.C10H12O3.C9H20/c1-5-13-27(23(25(29)30)19-9-7-11-21(17-19)33-3)15-16-28(14-6-2)24(26(31)32)20-10-8-12-22(18-20)34-4;1-10(14(15)11-5-3-6-11)12-7-4-8-13(9-12)16-2;1-7(10(11)12)8-4-3-5-9(6-8)13-2;1-4-6-7-8-9(3)5-2/h7-12,17-18,23-24H,5-6,13-16H2,1-4H3,(H,29,30)(H,31,32);4,7-11H,3,5-6H2,1-2H3;3-7H,1-2H3,(H,11,12);9H,4-8H2,1-3H3. The maximum Gasteiger partial charge on any atom is 0.325 e. The monoisotopic (exact) mass is 999 g/mol. The van der Waals surface area contributed by atoms with Crippen molar-refractivity contribution in [2.24, 2.45) is 11.8 Å². The topological polar surface area (TPSA) is 172 Å². The first-order chi connectivity index (χ1) is 34.5. The maximum atomic E-state index is 12.3. The van der Waals surface area contributed by atoms with Crippen molar-refractivity contribution in [1.29, 1.82) is 0 Å². The second-order valence-electron chi connectivity index (χ2n) is 18.5. The molecule has 1 aliphatic rings. The first-order valence-electron chi connectivity index (χ1n) is 25.8. The van der Waals surface area contributed by atoms with E-state index in [1.807, 2.05) is 54.8 Å². The van der Waals surface area contributed by atoms with Gasteiger partial charge in [0.1, 0.15) is 40.9 Å². The Labute approximate surface area is 430 Å². The van der Waals surface area contributed by atoms with Gasteiger partial charge in [-0.1, -0.05) is 129 Å². The van der Waals surface area contributed by atoms with Crippen LogP contribution in [-0.4, -0.2) is 103 Å². The van der Waals surface area contributed by atoms with Crippen LogP contribution < -0.4 is 18.9 Å². The number of nitrogens with zero attached hydrogens (tertiary/aromatic N) is 2. The highest BCUT2D eigenvalue weighted by atomic mass is 16.5. The van der Waals surface area contributed by atoms with E-state index in [4.69, 9.17) is 24.1 Å². The van der Waals surface area contributed by atoms with E-state index in [1.54, 1.807) is 108 Å². The molecular formula is C59H86N2O11. The molecule has 13 nitrogen and oxygen atoms in total. The molecule has 5 rings (SSSR count). The van der Waals surface area contributed by atoms with E-state index >= 15 is 0 Å². The molecule has 4 aromatic carbocycles. The average Bonchev–Trinajstić information content (AvgIpc) is 3.37. The van der Waals surface area contributed by atoms with E-state index in [0.717, 1.165) is 48.5 Å². The van der Waals surface area contributed by atoms with Crippen LogP contribution in [0.4, 0.5) is 0 Å². The Morgan fingerprint density at radius 3 is 1.19 bits per heavy atom. The van der Waals surface area contributed by atoms with Gasteiger partial charge in [-0.3, -0.25) is 29.0 Å². The van der Waals surface area contributed by atoms with Gasteiger partial charge in [0.2, 0.25) is 0 Å². The Balaban J connectivity index is 0.000000383. The third-order valence-corrected chi connectivity index (χ3v) is 13.2. The van der Waals surface area contributed by atoms with Gasteiger partial charge in [0.05, 0.1) is 34.4 Å². The van der Waals surface area contributed by atoms with Crippen molar-refractivity contribution in [2.45, 2.75) is 137 Å². The van der Waals surface area contributed by atoms with Crippen LogP contribution in [0, 0.1) is 11.8 Å². The van der Waals surface area contributed by atoms with Crippen molar-refractivity contribution in [3.05, 3.63) is 119 Å². The van der Waals surface area contributed by atoms with Gasteiger partial charge < -0.3 is 34.3 Å². The third kappa shape index (κ3) is 21.0. The Bertz CT molecular complexity index is 2120. The van der Waals surface area contributed by atoms with Gasteiger partial charge in [0.25, 0.3) is 0 Å². The first-order valence-corrected chi connectivity index (χ1v) is 25.8. The lowest BCUT2D eigenvalue weighted by Crippen LogP contribution is -2.43. The number of rotatable bonds is 27. The van der Waals surface area contributed by atoms with Crippen LogP contribution >= 0.6 is 0 Å². The highest BCUT2D eigenvalue weighted by molar-refractivity contribution is 5.88. The molecule has 0 radical (unpaired) electrons. The van der Waals surface area contributed by atoms with Crippen molar-refractivity contribution in [2.75, 3.05) is 54.6 Å². The summed E-state index contributed by atoms with van der Waals surface area (Å²) in [4.78, 5) is 51.2. The van der Waals surface area contributed by atoms with Crippen LogP contribution in [0.15, 0.2) is 97.1 Å². The lowest BCUT2D eigenvalue weighted by atomic mass is 9.76. The summed E-state index contributed by atoms with van der Waals surface area (Å²) in [6.07, 6.45) is 11.9. The van der Waals surface area contributed by atoms with Crippen LogP contribution in [0.1, 0.15) is 159 Å². The number of hydrogen-bond donors (Lipinski definition) is 3. The van der Waals surface area contributed by atoms with Crippen molar-refractivity contribution < 1.29 is 53.4 Å².